The van der Waals surface area contributed by atoms with E-state index in [1.54, 1.807) is 23.3 Å². The van der Waals surface area contributed by atoms with Crippen molar-refractivity contribution in [3.8, 4) is 0 Å². The molecule has 0 fully saturated rings. The fourth-order valence-corrected chi connectivity index (χ4v) is 4.27. The van der Waals surface area contributed by atoms with E-state index in [-0.39, 0.29) is 6.54 Å². The Morgan fingerprint density at radius 2 is 2.05 bits per heavy atom. The van der Waals surface area contributed by atoms with Gasteiger partial charge in [0.15, 0.2) is 0 Å². The molecule has 0 radical (unpaired) electrons. The van der Waals surface area contributed by atoms with Gasteiger partial charge in [-0.05, 0) is 38.2 Å². The summed E-state index contributed by atoms with van der Waals surface area (Å²) in [5, 5.41) is 10.1. The van der Waals surface area contributed by atoms with Crippen molar-refractivity contribution < 1.29 is 9.90 Å². The number of fused-ring (bicyclic) bond motifs is 3. The molecule has 2 heterocycles. The first-order valence-electron chi connectivity index (χ1n) is 7.28. The molecule has 6 heteroatoms. The molecular formula is C15H19N3O2S. The van der Waals surface area contributed by atoms with Crippen LogP contribution in [0.5, 0.6) is 0 Å². The number of carboxylic acid groups (broad SMARTS) is 1. The Balaban J connectivity index is 2.17. The summed E-state index contributed by atoms with van der Waals surface area (Å²) in [5.41, 5.74) is 1.35. The molecule has 1 aliphatic carbocycles. The van der Waals surface area contributed by atoms with Crippen molar-refractivity contribution in [1.29, 1.82) is 0 Å². The Morgan fingerprint density at radius 3 is 2.81 bits per heavy atom. The average Bonchev–Trinajstić information content (AvgIpc) is 2.59. The molecule has 5 nitrogen and oxygen atoms in total. The van der Waals surface area contributed by atoms with Gasteiger partial charge in [0.25, 0.3) is 0 Å². The molecule has 0 aromatic carbocycles. The summed E-state index contributed by atoms with van der Waals surface area (Å²) < 4.78 is 0. The monoisotopic (exact) mass is 305 g/mol. The molecule has 2 aromatic heterocycles. The lowest BCUT2D eigenvalue weighted by molar-refractivity contribution is -0.135. The van der Waals surface area contributed by atoms with Crippen molar-refractivity contribution in [2.75, 3.05) is 18.5 Å². The Kier molecular flexibility index (Phi) is 3.80. The highest BCUT2D eigenvalue weighted by Crippen LogP contribution is 2.38. The van der Waals surface area contributed by atoms with Gasteiger partial charge in [0, 0.05) is 11.9 Å². The number of nitrogens with zero attached hydrogens (tertiary/aromatic N) is 3. The maximum absolute atomic E-state index is 11.0. The van der Waals surface area contributed by atoms with Gasteiger partial charge < -0.3 is 10.0 Å². The molecule has 2 aromatic rings. The van der Waals surface area contributed by atoms with E-state index in [4.69, 9.17) is 5.11 Å². The first-order valence-corrected chi connectivity index (χ1v) is 8.09. The smallest absolute Gasteiger partial charge is 0.323 e. The SMILES string of the molecule is Cc1nc(N(C)CC(=O)O)c2c3c(sc2n1)CCCCC3. The van der Waals surface area contributed by atoms with Crippen LogP contribution in [0.15, 0.2) is 0 Å². The number of hydrogen-bond acceptors (Lipinski definition) is 5. The van der Waals surface area contributed by atoms with Crippen LogP contribution in [0.1, 0.15) is 35.5 Å². The largest absolute Gasteiger partial charge is 0.480 e. The van der Waals surface area contributed by atoms with Crippen molar-refractivity contribution >= 4 is 33.3 Å². The number of thiophene rings is 1. The van der Waals surface area contributed by atoms with Crippen molar-refractivity contribution in [2.24, 2.45) is 0 Å². The molecule has 0 saturated heterocycles. The average molecular weight is 305 g/mol. The van der Waals surface area contributed by atoms with Crippen LogP contribution in [0.4, 0.5) is 5.82 Å². The van der Waals surface area contributed by atoms with Crippen LogP contribution in [0.3, 0.4) is 0 Å². The van der Waals surface area contributed by atoms with Gasteiger partial charge in [-0.15, -0.1) is 11.3 Å². The van der Waals surface area contributed by atoms with Crippen LogP contribution in [0, 0.1) is 6.92 Å². The van der Waals surface area contributed by atoms with Crippen molar-refractivity contribution in [1.82, 2.24) is 9.97 Å². The van der Waals surface area contributed by atoms with Gasteiger partial charge in [-0.2, -0.15) is 0 Å². The second kappa shape index (κ2) is 5.60. The van der Waals surface area contributed by atoms with Crippen LogP contribution >= 0.6 is 11.3 Å². The molecule has 0 atom stereocenters. The van der Waals surface area contributed by atoms with Gasteiger partial charge in [0.2, 0.25) is 0 Å². The molecule has 21 heavy (non-hydrogen) atoms. The van der Waals surface area contributed by atoms with E-state index in [1.165, 1.54) is 29.7 Å². The Labute approximate surface area is 127 Å². The number of aryl methyl sites for hydroxylation is 3. The summed E-state index contributed by atoms with van der Waals surface area (Å²) in [7, 11) is 1.79. The number of carboxylic acids is 1. The first kappa shape index (κ1) is 14.3. The van der Waals surface area contributed by atoms with Crippen LogP contribution in [-0.4, -0.2) is 34.6 Å². The summed E-state index contributed by atoms with van der Waals surface area (Å²) in [6, 6.07) is 0. The molecule has 1 aliphatic rings. The number of anilines is 1. The van der Waals surface area contributed by atoms with Crippen molar-refractivity contribution in [2.45, 2.75) is 39.0 Å². The van der Waals surface area contributed by atoms with Gasteiger partial charge in [-0.3, -0.25) is 4.79 Å². The quantitative estimate of drug-likeness (QED) is 0.883. The van der Waals surface area contributed by atoms with E-state index >= 15 is 0 Å². The molecule has 0 amide bonds. The third kappa shape index (κ3) is 2.72. The highest BCUT2D eigenvalue weighted by Gasteiger charge is 2.22. The first-order chi connectivity index (χ1) is 10.1. The summed E-state index contributed by atoms with van der Waals surface area (Å²) in [6.07, 6.45) is 5.84. The molecule has 0 saturated carbocycles. The van der Waals surface area contributed by atoms with Gasteiger partial charge in [0.1, 0.15) is 23.0 Å². The van der Waals surface area contributed by atoms with E-state index in [2.05, 4.69) is 9.97 Å². The lowest BCUT2D eigenvalue weighted by atomic mass is 10.1. The number of carbonyl (C=O) groups is 1. The maximum Gasteiger partial charge on any atom is 0.323 e. The highest BCUT2D eigenvalue weighted by atomic mass is 32.1. The molecule has 0 unspecified atom stereocenters. The van der Waals surface area contributed by atoms with Gasteiger partial charge in [0.05, 0.1) is 5.39 Å². The maximum atomic E-state index is 11.0. The van der Waals surface area contributed by atoms with E-state index in [1.807, 2.05) is 6.92 Å². The van der Waals surface area contributed by atoms with Crippen LogP contribution in [0.2, 0.25) is 0 Å². The zero-order valence-corrected chi connectivity index (χ0v) is 13.2. The number of hydrogen-bond donors (Lipinski definition) is 1. The molecule has 0 bridgehead atoms. The molecule has 3 rings (SSSR count). The number of likely N-dealkylation sites (N-methyl/N-ethyl adjacent to an activating group) is 1. The van der Waals surface area contributed by atoms with Crippen molar-refractivity contribution in [3.05, 3.63) is 16.3 Å². The minimum absolute atomic E-state index is 0.0455. The molecule has 1 N–H and O–H groups in total. The normalized spacial score (nSPS) is 14.8. The van der Waals surface area contributed by atoms with E-state index in [0.29, 0.717) is 5.82 Å². The summed E-state index contributed by atoms with van der Waals surface area (Å²) in [6.45, 7) is 1.82. The predicted molar refractivity (Wildman–Crippen MR) is 84.3 cm³/mol. The van der Waals surface area contributed by atoms with Crippen LogP contribution in [-0.2, 0) is 17.6 Å². The van der Waals surface area contributed by atoms with Crippen LogP contribution in [0.25, 0.3) is 10.2 Å². The van der Waals surface area contributed by atoms with Crippen molar-refractivity contribution in [3.63, 3.8) is 0 Å². The van der Waals surface area contributed by atoms with E-state index in [0.717, 1.165) is 28.9 Å². The van der Waals surface area contributed by atoms with Crippen LogP contribution < -0.4 is 4.90 Å². The summed E-state index contributed by atoms with van der Waals surface area (Å²) >= 11 is 1.75. The minimum atomic E-state index is -0.844. The molecule has 112 valence electrons. The van der Waals surface area contributed by atoms with E-state index < -0.39 is 5.97 Å². The lowest BCUT2D eigenvalue weighted by Gasteiger charge is -2.17. The minimum Gasteiger partial charge on any atom is -0.480 e. The van der Waals surface area contributed by atoms with Gasteiger partial charge >= 0.3 is 5.97 Å². The Morgan fingerprint density at radius 1 is 1.29 bits per heavy atom. The number of aliphatic carboxylic acids is 1. The third-order valence-electron chi connectivity index (χ3n) is 3.89. The fraction of sp³-hybridized carbons (Fsp3) is 0.533. The van der Waals surface area contributed by atoms with Gasteiger partial charge in [-0.1, -0.05) is 6.42 Å². The molecular weight excluding hydrogens is 286 g/mol. The number of rotatable bonds is 3. The van der Waals surface area contributed by atoms with Gasteiger partial charge in [-0.25, -0.2) is 9.97 Å². The highest BCUT2D eigenvalue weighted by molar-refractivity contribution is 7.19. The topological polar surface area (TPSA) is 66.3 Å². The van der Waals surface area contributed by atoms with E-state index in [9.17, 15) is 4.79 Å². The molecule has 0 aliphatic heterocycles. The lowest BCUT2D eigenvalue weighted by Crippen LogP contribution is -2.26. The second-order valence-corrected chi connectivity index (χ2v) is 6.67. The molecule has 0 spiro atoms. The number of aromatic nitrogens is 2. The zero-order valence-electron chi connectivity index (χ0n) is 12.3. The standard InChI is InChI=1S/C15H19N3O2S/c1-9-16-14(18(2)8-12(19)20)13-10-6-4-3-5-7-11(10)21-15(13)17-9/h3-8H2,1-2H3,(H,19,20). The Bertz CT molecular complexity index is 696. The third-order valence-corrected chi connectivity index (χ3v) is 5.08. The second-order valence-electron chi connectivity index (χ2n) is 5.59. The summed E-state index contributed by atoms with van der Waals surface area (Å²) in [4.78, 5) is 24.2. The zero-order chi connectivity index (χ0) is 15.0. The predicted octanol–water partition coefficient (Wildman–Crippen LogP) is 2.79. The fourth-order valence-electron chi connectivity index (χ4n) is 2.97. The Hall–Kier alpha value is -1.69. The summed E-state index contributed by atoms with van der Waals surface area (Å²) in [5.74, 6) is 0.619.